The van der Waals surface area contributed by atoms with Crippen molar-refractivity contribution in [1.82, 2.24) is 9.78 Å². The molecular weight excluding hydrogens is 350 g/mol. The minimum Gasteiger partial charge on any atom is -0.369 e. The Bertz CT molecular complexity index is 893. The van der Waals surface area contributed by atoms with Gasteiger partial charge in [0.05, 0.1) is 17.6 Å². The van der Waals surface area contributed by atoms with Crippen molar-refractivity contribution in [2.45, 2.75) is 44.7 Å². The van der Waals surface area contributed by atoms with Crippen LogP contribution in [0.15, 0.2) is 40.6 Å². The van der Waals surface area contributed by atoms with Gasteiger partial charge in [-0.1, -0.05) is 18.0 Å². The predicted octanol–water partition coefficient (Wildman–Crippen LogP) is 2.94. The van der Waals surface area contributed by atoms with E-state index in [1.807, 2.05) is 47.1 Å². The maximum Gasteiger partial charge on any atom is 0.220 e. The van der Waals surface area contributed by atoms with Gasteiger partial charge in [0.15, 0.2) is 0 Å². The van der Waals surface area contributed by atoms with E-state index in [4.69, 9.17) is 28.1 Å². The summed E-state index contributed by atoms with van der Waals surface area (Å²) in [5.41, 5.74) is 14.6. The van der Waals surface area contributed by atoms with E-state index >= 15 is 0 Å². The van der Waals surface area contributed by atoms with Crippen LogP contribution in [0.4, 0.5) is 5.69 Å². The van der Waals surface area contributed by atoms with E-state index in [1.165, 1.54) is 6.42 Å². The second-order valence-electron chi connectivity index (χ2n) is 6.91. The van der Waals surface area contributed by atoms with Gasteiger partial charge in [0.25, 0.3) is 0 Å². The van der Waals surface area contributed by atoms with Crippen molar-refractivity contribution in [3.63, 3.8) is 0 Å². The molecule has 1 saturated carbocycles. The van der Waals surface area contributed by atoms with Crippen molar-refractivity contribution in [2.75, 3.05) is 4.90 Å². The lowest BCUT2D eigenvalue weighted by atomic mass is 9.87. The van der Waals surface area contributed by atoms with E-state index in [2.05, 4.69) is 10.1 Å². The summed E-state index contributed by atoms with van der Waals surface area (Å²) in [5.74, 6) is 0.575. The van der Waals surface area contributed by atoms with Gasteiger partial charge < -0.3 is 11.5 Å². The minimum atomic E-state index is -0.518. The van der Waals surface area contributed by atoms with E-state index in [0.29, 0.717) is 11.0 Å². The molecule has 4 rings (SSSR count). The van der Waals surface area contributed by atoms with Crippen LogP contribution < -0.4 is 16.4 Å². The van der Waals surface area contributed by atoms with Gasteiger partial charge in [0, 0.05) is 11.2 Å². The van der Waals surface area contributed by atoms with Crippen LogP contribution in [0.2, 0.25) is 5.02 Å². The number of nitrogens with zero attached hydrogens (tertiary/aromatic N) is 5. The van der Waals surface area contributed by atoms with Gasteiger partial charge in [-0.25, -0.2) is 9.67 Å². The second-order valence-corrected chi connectivity index (χ2v) is 7.35. The van der Waals surface area contributed by atoms with Gasteiger partial charge in [-0.05, 0) is 56.4 Å². The molecule has 136 valence electrons. The fourth-order valence-electron chi connectivity index (χ4n) is 3.88. The summed E-state index contributed by atoms with van der Waals surface area (Å²) in [4.78, 5) is 11.0. The highest BCUT2D eigenvalue weighted by Crippen LogP contribution is 2.42. The topological polar surface area (TPSA) is 97.8 Å². The highest BCUT2D eigenvalue weighted by molar-refractivity contribution is 6.31. The molecule has 1 spiro atoms. The van der Waals surface area contributed by atoms with Crippen molar-refractivity contribution >= 4 is 29.2 Å². The molecule has 26 heavy (non-hydrogen) atoms. The fraction of sp³-hybridized carbons (Fsp3) is 0.389. The maximum absolute atomic E-state index is 6.35. The van der Waals surface area contributed by atoms with Crippen LogP contribution >= 0.6 is 11.6 Å². The molecule has 1 aromatic carbocycles. The SMILES string of the molecule is Cc1cnn(-c2ccc(Cl)cc2N2C(N)=NC(N)=NC23CCCCC3)c1. The highest BCUT2D eigenvalue weighted by atomic mass is 35.5. The number of anilines is 1. The van der Waals surface area contributed by atoms with Crippen molar-refractivity contribution < 1.29 is 0 Å². The maximum atomic E-state index is 6.35. The van der Waals surface area contributed by atoms with Gasteiger partial charge in [0.1, 0.15) is 5.66 Å². The van der Waals surface area contributed by atoms with Crippen LogP contribution in [0.1, 0.15) is 37.7 Å². The molecule has 1 fully saturated rings. The summed E-state index contributed by atoms with van der Waals surface area (Å²) in [6, 6.07) is 5.68. The Morgan fingerprint density at radius 3 is 2.58 bits per heavy atom. The molecular formula is C18H22ClN7. The molecule has 4 N–H and O–H groups in total. The molecule has 8 heteroatoms. The average Bonchev–Trinajstić information content (AvgIpc) is 3.01. The van der Waals surface area contributed by atoms with Crippen LogP contribution in [0.3, 0.4) is 0 Å². The van der Waals surface area contributed by atoms with E-state index < -0.39 is 5.66 Å². The number of nitrogens with two attached hydrogens (primary N) is 2. The first kappa shape index (κ1) is 16.9. The Balaban J connectivity index is 1.90. The van der Waals surface area contributed by atoms with Gasteiger partial charge >= 0.3 is 0 Å². The van der Waals surface area contributed by atoms with Gasteiger partial charge in [-0.2, -0.15) is 10.1 Å². The number of benzene rings is 1. The smallest absolute Gasteiger partial charge is 0.220 e. The van der Waals surface area contributed by atoms with E-state index in [0.717, 1.165) is 42.6 Å². The summed E-state index contributed by atoms with van der Waals surface area (Å²) in [6.45, 7) is 2.00. The number of aryl methyl sites for hydroxylation is 1. The molecule has 2 aliphatic rings. The minimum absolute atomic E-state index is 0.235. The van der Waals surface area contributed by atoms with Crippen molar-refractivity contribution in [3.05, 3.63) is 41.2 Å². The van der Waals surface area contributed by atoms with Gasteiger partial charge in [0.2, 0.25) is 11.9 Å². The fourth-order valence-corrected chi connectivity index (χ4v) is 4.05. The van der Waals surface area contributed by atoms with Crippen LogP contribution in [0.25, 0.3) is 5.69 Å². The summed E-state index contributed by atoms with van der Waals surface area (Å²) in [7, 11) is 0. The zero-order chi connectivity index (χ0) is 18.3. The molecule has 7 nitrogen and oxygen atoms in total. The van der Waals surface area contributed by atoms with Crippen molar-refractivity contribution in [1.29, 1.82) is 0 Å². The predicted molar refractivity (Wildman–Crippen MR) is 105 cm³/mol. The second kappa shape index (κ2) is 6.32. The molecule has 1 aliphatic heterocycles. The first-order valence-corrected chi connectivity index (χ1v) is 9.17. The third-order valence-corrected chi connectivity index (χ3v) is 5.22. The summed E-state index contributed by atoms with van der Waals surface area (Å²) >= 11 is 6.33. The quantitative estimate of drug-likeness (QED) is 0.847. The Morgan fingerprint density at radius 2 is 1.88 bits per heavy atom. The van der Waals surface area contributed by atoms with E-state index in [9.17, 15) is 0 Å². The molecule has 0 unspecified atom stereocenters. The lowest BCUT2D eigenvalue weighted by Crippen LogP contribution is -2.58. The van der Waals surface area contributed by atoms with Gasteiger partial charge in [-0.15, -0.1) is 0 Å². The summed E-state index contributed by atoms with van der Waals surface area (Å²) in [6.07, 6.45) is 8.84. The Kier molecular flexibility index (Phi) is 4.11. The van der Waals surface area contributed by atoms with Gasteiger partial charge in [-0.3, -0.25) is 4.90 Å². The summed E-state index contributed by atoms with van der Waals surface area (Å²) < 4.78 is 1.83. The molecule has 0 atom stereocenters. The molecule has 1 aromatic heterocycles. The Hall–Kier alpha value is -2.54. The molecule has 0 bridgehead atoms. The molecule has 0 amide bonds. The van der Waals surface area contributed by atoms with Crippen molar-refractivity contribution in [3.8, 4) is 5.69 Å². The molecule has 0 radical (unpaired) electrons. The Morgan fingerprint density at radius 1 is 1.12 bits per heavy atom. The number of rotatable bonds is 2. The Labute approximate surface area is 157 Å². The monoisotopic (exact) mass is 371 g/mol. The first-order chi connectivity index (χ1) is 12.5. The number of hydrogen-bond donors (Lipinski definition) is 2. The normalized spacial score (nSPS) is 19.4. The zero-order valence-corrected chi connectivity index (χ0v) is 15.4. The van der Waals surface area contributed by atoms with Crippen molar-refractivity contribution in [2.24, 2.45) is 21.5 Å². The lowest BCUT2D eigenvalue weighted by molar-refractivity contribution is 0.305. The molecule has 1 aliphatic carbocycles. The lowest BCUT2D eigenvalue weighted by Gasteiger charge is -2.46. The number of halogens is 1. The first-order valence-electron chi connectivity index (χ1n) is 8.79. The third kappa shape index (κ3) is 2.82. The number of aromatic nitrogens is 2. The number of aliphatic imine (C=N–C) groups is 2. The number of guanidine groups is 2. The third-order valence-electron chi connectivity index (χ3n) is 4.99. The van der Waals surface area contributed by atoms with E-state index in [-0.39, 0.29) is 5.96 Å². The molecule has 0 saturated heterocycles. The van der Waals surface area contributed by atoms with Crippen LogP contribution in [0, 0.1) is 6.92 Å². The average molecular weight is 372 g/mol. The molecule has 2 heterocycles. The largest absolute Gasteiger partial charge is 0.369 e. The highest BCUT2D eigenvalue weighted by Gasteiger charge is 2.43. The summed E-state index contributed by atoms with van der Waals surface area (Å²) in [5, 5.41) is 5.07. The number of hydrogen-bond acceptors (Lipinski definition) is 6. The molecule has 2 aromatic rings. The van der Waals surface area contributed by atoms with Crippen LogP contribution in [0.5, 0.6) is 0 Å². The van der Waals surface area contributed by atoms with Crippen LogP contribution in [-0.4, -0.2) is 27.4 Å². The zero-order valence-electron chi connectivity index (χ0n) is 14.7. The van der Waals surface area contributed by atoms with E-state index in [1.54, 1.807) is 0 Å². The van der Waals surface area contributed by atoms with Crippen LogP contribution in [-0.2, 0) is 0 Å². The standard InChI is InChI=1S/C18H22ClN7/c1-12-10-22-25(11-12)14-6-5-13(19)9-15(14)26-17(21)23-16(20)24-18(26)7-3-2-4-8-18/h5-6,9-11H,2-4,7-8H2,1H3,(H4,20,21,23,24).